The minimum Gasteiger partial charge on any atom is -0.507 e. The number of halogens is 1. The summed E-state index contributed by atoms with van der Waals surface area (Å²) in [5.74, 6) is 1.35. The number of hydrogen-bond donors (Lipinski definition) is 2. The largest absolute Gasteiger partial charge is 0.507 e. The molecule has 0 bridgehead atoms. The molecule has 0 saturated carbocycles. The Kier molecular flexibility index (Phi) is 5.02. The van der Waals surface area contributed by atoms with E-state index in [1.807, 2.05) is 24.3 Å². The van der Waals surface area contributed by atoms with Gasteiger partial charge < -0.3 is 14.9 Å². The SMILES string of the molecule is OCCOc1ccc(-c2ncnc(-c3ccc(Br)cc3)n2)c(O)c1. The first-order valence-electron chi connectivity index (χ1n) is 7.19. The standard InChI is InChI=1S/C17H14BrN3O3/c18-12-3-1-11(2-4-12)16-19-10-20-17(21-16)14-6-5-13(9-15(14)23)24-8-7-22/h1-6,9-10,22-23H,7-8H2. The van der Waals surface area contributed by atoms with Crippen LogP contribution < -0.4 is 4.74 Å². The molecular weight excluding hydrogens is 374 g/mol. The van der Waals surface area contributed by atoms with Crippen LogP contribution in [0, 0.1) is 0 Å². The molecule has 3 rings (SSSR count). The second-order valence-corrected chi connectivity index (χ2v) is 5.81. The lowest BCUT2D eigenvalue weighted by atomic mass is 10.1. The summed E-state index contributed by atoms with van der Waals surface area (Å²) < 4.78 is 6.23. The molecule has 1 heterocycles. The second-order valence-electron chi connectivity index (χ2n) is 4.89. The topological polar surface area (TPSA) is 88.4 Å². The summed E-state index contributed by atoms with van der Waals surface area (Å²) in [4.78, 5) is 12.7. The van der Waals surface area contributed by atoms with Gasteiger partial charge in [-0.15, -0.1) is 0 Å². The molecule has 0 aliphatic rings. The van der Waals surface area contributed by atoms with E-state index in [-0.39, 0.29) is 19.0 Å². The molecule has 0 aliphatic heterocycles. The molecule has 0 amide bonds. The molecule has 2 aromatic carbocycles. The number of aromatic nitrogens is 3. The van der Waals surface area contributed by atoms with Gasteiger partial charge in [0.25, 0.3) is 0 Å². The van der Waals surface area contributed by atoms with E-state index >= 15 is 0 Å². The zero-order chi connectivity index (χ0) is 16.9. The number of phenols is 1. The number of ether oxygens (including phenoxy) is 1. The minimum atomic E-state index is -0.0907. The van der Waals surface area contributed by atoms with Crippen molar-refractivity contribution in [1.82, 2.24) is 15.0 Å². The van der Waals surface area contributed by atoms with Crippen molar-refractivity contribution < 1.29 is 14.9 Å². The summed E-state index contributed by atoms with van der Waals surface area (Å²) in [6, 6.07) is 12.4. The van der Waals surface area contributed by atoms with Gasteiger partial charge in [0, 0.05) is 16.1 Å². The highest BCUT2D eigenvalue weighted by molar-refractivity contribution is 9.10. The number of benzene rings is 2. The average Bonchev–Trinajstić information content (AvgIpc) is 2.61. The monoisotopic (exact) mass is 387 g/mol. The van der Waals surface area contributed by atoms with E-state index in [1.165, 1.54) is 12.4 Å². The first-order valence-corrected chi connectivity index (χ1v) is 7.98. The third-order valence-electron chi connectivity index (χ3n) is 3.24. The number of nitrogens with zero attached hydrogens (tertiary/aromatic N) is 3. The molecule has 0 radical (unpaired) electrons. The van der Waals surface area contributed by atoms with Crippen molar-refractivity contribution in [2.45, 2.75) is 0 Å². The van der Waals surface area contributed by atoms with Crippen LogP contribution in [0.1, 0.15) is 0 Å². The maximum Gasteiger partial charge on any atom is 0.167 e. The van der Waals surface area contributed by atoms with Gasteiger partial charge in [0.2, 0.25) is 0 Å². The first-order chi connectivity index (χ1) is 11.7. The van der Waals surface area contributed by atoms with Crippen LogP contribution in [0.2, 0.25) is 0 Å². The molecule has 0 spiro atoms. The quantitative estimate of drug-likeness (QED) is 0.699. The van der Waals surface area contributed by atoms with Crippen LogP contribution in [-0.4, -0.2) is 38.4 Å². The molecule has 122 valence electrons. The normalized spacial score (nSPS) is 10.6. The number of aliphatic hydroxyl groups excluding tert-OH is 1. The summed E-state index contributed by atoms with van der Waals surface area (Å²) in [7, 11) is 0. The average molecular weight is 388 g/mol. The lowest BCUT2D eigenvalue weighted by Crippen LogP contribution is -2.01. The number of aromatic hydroxyl groups is 1. The molecule has 0 aliphatic carbocycles. The summed E-state index contributed by atoms with van der Waals surface area (Å²) in [5, 5.41) is 19.0. The van der Waals surface area contributed by atoms with Gasteiger partial charge in [-0.25, -0.2) is 15.0 Å². The van der Waals surface area contributed by atoms with E-state index in [1.54, 1.807) is 12.1 Å². The van der Waals surface area contributed by atoms with E-state index in [4.69, 9.17) is 9.84 Å². The Labute approximate surface area is 147 Å². The predicted octanol–water partition coefficient (Wildman–Crippen LogP) is 3.04. The van der Waals surface area contributed by atoms with Crippen LogP contribution in [0.4, 0.5) is 0 Å². The third-order valence-corrected chi connectivity index (χ3v) is 3.77. The van der Waals surface area contributed by atoms with Gasteiger partial charge in [-0.2, -0.15) is 0 Å². The minimum absolute atomic E-state index is 0.00149. The van der Waals surface area contributed by atoms with Crippen molar-refractivity contribution in [1.29, 1.82) is 0 Å². The molecule has 2 N–H and O–H groups in total. The Morgan fingerprint density at radius 3 is 2.46 bits per heavy atom. The zero-order valence-corrected chi connectivity index (χ0v) is 14.1. The van der Waals surface area contributed by atoms with Crippen molar-refractivity contribution in [3.05, 3.63) is 53.3 Å². The highest BCUT2D eigenvalue weighted by Gasteiger charge is 2.11. The molecular formula is C17H14BrN3O3. The van der Waals surface area contributed by atoms with Gasteiger partial charge in [0.05, 0.1) is 12.2 Å². The highest BCUT2D eigenvalue weighted by Crippen LogP contribution is 2.31. The molecule has 1 aromatic heterocycles. The fourth-order valence-electron chi connectivity index (χ4n) is 2.12. The number of hydrogen-bond acceptors (Lipinski definition) is 6. The van der Waals surface area contributed by atoms with Crippen molar-refractivity contribution in [3.63, 3.8) is 0 Å². The third kappa shape index (κ3) is 3.69. The zero-order valence-electron chi connectivity index (χ0n) is 12.6. The molecule has 24 heavy (non-hydrogen) atoms. The number of rotatable bonds is 5. The van der Waals surface area contributed by atoms with Crippen molar-refractivity contribution in [2.24, 2.45) is 0 Å². The van der Waals surface area contributed by atoms with Crippen molar-refractivity contribution >= 4 is 15.9 Å². The Morgan fingerprint density at radius 1 is 1.00 bits per heavy atom. The van der Waals surface area contributed by atoms with Gasteiger partial charge in [0.15, 0.2) is 11.6 Å². The van der Waals surface area contributed by atoms with Crippen LogP contribution in [0.3, 0.4) is 0 Å². The first kappa shape index (κ1) is 16.4. The molecule has 0 unspecified atom stereocenters. The Bertz CT molecular complexity index is 841. The summed E-state index contributed by atoms with van der Waals surface area (Å²) in [6.07, 6.45) is 1.41. The maximum absolute atomic E-state index is 10.2. The van der Waals surface area contributed by atoms with Crippen LogP contribution in [0.15, 0.2) is 53.3 Å². The lowest BCUT2D eigenvalue weighted by molar-refractivity contribution is 0.201. The highest BCUT2D eigenvalue weighted by atomic mass is 79.9. The van der Waals surface area contributed by atoms with E-state index in [0.717, 1.165) is 10.0 Å². The van der Waals surface area contributed by atoms with Crippen molar-refractivity contribution in [2.75, 3.05) is 13.2 Å². The molecule has 0 fully saturated rings. The van der Waals surface area contributed by atoms with Gasteiger partial charge in [-0.05, 0) is 24.3 Å². The van der Waals surface area contributed by atoms with E-state index in [9.17, 15) is 5.11 Å². The Balaban J connectivity index is 1.92. The second kappa shape index (κ2) is 7.37. The van der Waals surface area contributed by atoms with Gasteiger partial charge >= 0.3 is 0 Å². The maximum atomic E-state index is 10.2. The van der Waals surface area contributed by atoms with Crippen LogP contribution in [0.25, 0.3) is 22.8 Å². The molecule has 0 atom stereocenters. The van der Waals surface area contributed by atoms with Crippen LogP contribution in [-0.2, 0) is 0 Å². The van der Waals surface area contributed by atoms with E-state index in [0.29, 0.717) is 23.0 Å². The van der Waals surface area contributed by atoms with Crippen LogP contribution in [0.5, 0.6) is 11.5 Å². The van der Waals surface area contributed by atoms with Crippen LogP contribution >= 0.6 is 15.9 Å². The van der Waals surface area contributed by atoms with Gasteiger partial charge in [-0.3, -0.25) is 0 Å². The molecule has 3 aromatic rings. The Morgan fingerprint density at radius 2 is 1.75 bits per heavy atom. The summed E-state index contributed by atoms with van der Waals surface area (Å²) in [6.45, 7) is 0.0742. The van der Waals surface area contributed by atoms with E-state index < -0.39 is 0 Å². The Hall–Kier alpha value is -2.51. The molecule has 6 nitrogen and oxygen atoms in total. The smallest absolute Gasteiger partial charge is 0.167 e. The summed E-state index contributed by atoms with van der Waals surface area (Å²) in [5.41, 5.74) is 1.33. The molecule has 0 saturated heterocycles. The summed E-state index contributed by atoms with van der Waals surface area (Å²) >= 11 is 3.39. The fourth-order valence-corrected chi connectivity index (χ4v) is 2.38. The number of aliphatic hydroxyl groups is 1. The number of phenolic OH excluding ortho intramolecular Hbond substituents is 1. The van der Waals surface area contributed by atoms with Gasteiger partial charge in [-0.1, -0.05) is 28.1 Å². The van der Waals surface area contributed by atoms with Crippen molar-refractivity contribution in [3.8, 4) is 34.3 Å². The van der Waals surface area contributed by atoms with E-state index in [2.05, 4.69) is 30.9 Å². The lowest BCUT2D eigenvalue weighted by Gasteiger charge is -2.08. The fraction of sp³-hybridized carbons (Fsp3) is 0.118. The van der Waals surface area contributed by atoms with Gasteiger partial charge in [0.1, 0.15) is 24.4 Å². The molecule has 7 heteroatoms. The predicted molar refractivity (Wildman–Crippen MR) is 92.6 cm³/mol.